The number of piperazine rings is 1. The van der Waals surface area contributed by atoms with E-state index in [2.05, 4.69) is 0 Å². The molecule has 1 aromatic heterocycles. The average Bonchev–Trinajstić information content (AvgIpc) is 2.92. The van der Waals surface area contributed by atoms with E-state index in [-0.39, 0.29) is 32.1 Å². The van der Waals surface area contributed by atoms with Gasteiger partial charge in [-0.3, -0.25) is 4.79 Å². The third-order valence-corrected chi connectivity index (χ3v) is 6.26. The molecule has 1 aliphatic heterocycles. The predicted molar refractivity (Wildman–Crippen MR) is 89.2 cm³/mol. The van der Waals surface area contributed by atoms with Crippen molar-refractivity contribution in [2.24, 2.45) is 0 Å². The molecule has 6 nitrogen and oxygen atoms in total. The third kappa shape index (κ3) is 3.24. The SMILES string of the molecule is Cc1cc(C(=O)N2CCN(S(=O)(=O)c3c(F)cccc3F)CC2)c(C)o1. The molecule has 0 saturated carbocycles. The van der Waals surface area contributed by atoms with Crippen molar-refractivity contribution in [1.82, 2.24) is 9.21 Å². The molecule has 0 N–H and O–H groups in total. The largest absolute Gasteiger partial charge is 0.466 e. The minimum atomic E-state index is -4.31. The molecule has 0 bridgehead atoms. The second-order valence-corrected chi connectivity index (χ2v) is 7.95. The molecule has 1 fully saturated rings. The number of nitrogens with zero attached hydrogens (tertiary/aromatic N) is 2. The van der Waals surface area contributed by atoms with Crippen LogP contribution in [0.3, 0.4) is 0 Å². The molecule has 1 amide bonds. The molecule has 0 aliphatic carbocycles. The number of hydrogen-bond donors (Lipinski definition) is 0. The molecular formula is C17H18F2N2O4S. The molecule has 1 saturated heterocycles. The predicted octanol–water partition coefficient (Wildman–Crippen LogP) is 2.32. The van der Waals surface area contributed by atoms with E-state index >= 15 is 0 Å². The van der Waals surface area contributed by atoms with Crippen LogP contribution in [0.2, 0.25) is 0 Å². The molecule has 26 heavy (non-hydrogen) atoms. The van der Waals surface area contributed by atoms with E-state index < -0.39 is 26.6 Å². The fourth-order valence-corrected chi connectivity index (χ4v) is 4.53. The Morgan fingerprint density at radius 2 is 1.65 bits per heavy atom. The van der Waals surface area contributed by atoms with Crippen molar-refractivity contribution in [1.29, 1.82) is 0 Å². The van der Waals surface area contributed by atoms with Gasteiger partial charge in [-0.15, -0.1) is 0 Å². The normalized spacial score (nSPS) is 16.1. The highest BCUT2D eigenvalue weighted by Crippen LogP contribution is 2.24. The number of sulfonamides is 1. The summed E-state index contributed by atoms with van der Waals surface area (Å²) < 4.78 is 59.2. The fourth-order valence-electron chi connectivity index (χ4n) is 3.00. The fraction of sp³-hybridized carbons (Fsp3) is 0.353. The molecular weight excluding hydrogens is 366 g/mol. The molecule has 0 atom stereocenters. The number of amides is 1. The van der Waals surface area contributed by atoms with Crippen molar-refractivity contribution in [2.45, 2.75) is 18.7 Å². The Bertz CT molecular complexity index is 927. The Labute approximate surface area is 150 Å². The lowest BCUT2D eigenvalue weighted by atomic mass is 10.2. The van der Waals surface area contributed by atoms with Crippen LogP contribution in [0.5, 0.6) is 0 Å². The second kappa shape index (κ2) is 6.81. The van der Waals surface area contributed by atoms with Crippen molar-refractivity contribution in [3.8, 4) is 0 Å². The highest BCUT2D eigenvalue weighted by Gasteiger charge is 2.34. The quantitative estimate of drug-likeness (QED) is 0.814. The monoisotopic (exact) mass is 384 g/mol. The minimum absolute atomic E-state index is 0.0439. The number of rotatable bonds is 3. The van der Waals surface area contributed by atoms with Crippen LogP contribution in [0.25, 0.3) is 0 Å². The second-order valence-electron chi connectivity index (χ2n) is 6.07. The van der Waals surface area contributed by atoms with Crippen molar-refractivity contribution in [3.63, 3.8) is 0 Å². The van der Waals surface area contributed by atoms with Crippen LogP contribution in [0, 0.1) is 25.5 Å². The first-order chi connectivity index (χ1) is 12.2. The van der Waals surface area contributed by atoms with Crippen LogP contribution >= 0.6 is 0 Å². The maximum Gasteiger partial charge on any atom is 0.257 e. The zero-order chi connectivity index (χ0) is 19.1. The molecule has 140 valence electrons. The summed E-state index contributed by atoms with van der Waals surface area (Å²) in [6.07, 6.45) is 0. The Kier molecular flexibility index (Phi) is 4.85. The van der Waals surface area contributed by atoms with Crippen LogP contribution in [0.15, 0.2) is 33.6 Å². The Morgan fingerprint density at radius 1 is 1.08 bits per heavy atom. The number of benzene rings is 1. The summed E-state index contributed by atoms with van der Waals surface area (Å²) in [6, 6.07) is 4.55. The van der Waals surface area contributed by atoms with Gasteiger partial charge in [0.1, 0.15) is 23.2 Å². The maximum absolute atomic E-state index is 13.9. The van der Waals surface area contributed by atoms with E-state index in [1.54, 1.807) is 19.9 Å². The zero-order valence-electron chi connectivity index (χ0n) is 14.3. The van der Waals surface area contributed by atoms with E-state index in [4.69, 9.17) is 4.42 Å². The molecule has 0 spiro atoms. The first-order valence-electron chi connectivity index (χ1n) is 8.02. The molecule has 9 heteroatoms. The molecule has 1 aromatic carbocycles. The summed E-state index contributed by atoms with van der Waals surface area (Å²) in [5.74, 6) is -1.41. The topological polar surface area (TPSA) is 70.8 Å². The van der Waals surface area contributed by atoms with Crippen molar-refractivity contribution in [2.75, 3.05) is 26.2 Å². The number of aryl methyl sites for hydroxylation is 2. The molecule has 0 radical (unpaired) electrons. The summed E-state index contributed by atoms with van der Waals surface area (Å²) in [6.45, 7) is 3.57. The van der Waals surface area contributed by atoms with Gasteiger partial charge in [0.15, 0.2) is 4.90 Å². The van der Waals surface area contributed by atoms with Crippen LogP contribution in [0.1, 0.15) is 21.9 Å². The van der Waals surface area contributed by atoms with E-state index in [1.807, 2.05) is 0 Å². The van der Waals surface area contributed by atoms with Gasteiger partial charge >= 0.3 is 0 Å². The number of hydrogen-bond acceptors (Lipinski definition) is 4. The first kappa shape index (κ1) is 18.5. The van der Waals surface area contributed by atoms with Gasteiger partial charge in [0.05, 0.1) is 5.56 Å². The highest BCUT2D eigenvalue weighted by molar-refractivity contribution is 7.89. The zero-order valence-corrected chi connectivity index (χ0v) is 15.1. The summed E-state index contributed by atoms with van der Waals surface area (Å²) >= 11 is 0. The van der Waals surface area contributed by atoms with Crippen molar-refractivity contribution in [3.05, 3.63) is 53.0 Å². The van der Waals surface area contributed by atoms with Crippen molar-refractivity contribution >= 4 is 15.9 Å². The molecule has 0 unspecified atom stereocenters. The number of carbonyl (C=O) groups is 1. The molecule has 2 aromatic rings. The Balaban J connectivity index is 1.76. The summed E-state index contributed by atoms with van der Waals surface area (Å²) in [4.78, 5) is 13.1. The lowest BCUT2D eigenvalue weighted by Crippen LogP contribution is -2.50. The third-order valence-electron chi connectivity index (χ3n) is 4.31. The van der Waals surface area contributed by atoms with Crippen molar-refractivity contribution < 1.29 is 26.4 Å². The molecule has 3 rings (SSSR count). The summed E-state index contributed by atoms with van der Waals surface area (Å²) in [7, 11) is -4.31. The average molecular weight is 384 g/mol. The first-order valence-corrected chi connectivity index (χ1v) is 9.46. The van der Waals surface area contributed by atoms with Gasteiger partial charge in [-0.05, 0) is 32.0 Å². The van der Waals surface area contributed by atoms with E-state index in [9.17, 15) is 22.0 Å². The molecule has 2 heterocycles. The van der Waals surface area contributed by atoms with E-state index in [0.717, 1.165) is 22.5 Å². The lowest BCUT2D eigenvalue weighted by Gasteiger charge is -2.34. The van der Waals surface area contributed by atoms with Gasteiger partial charge in [0, 0.05) is 26.2 Å². The van der Waals surface area contributed by atoms with Gasteiger partial charge < -0.3 is 9.32 Å². The van der Waals surface area contributed by atoms with Gasteiger partial charge in [0.25, 0.3) is 5.91 Å². The summed E-state index contributed by atoms with van der Waals surface area (Å²) in [5.41, 5.74) is 0.430. The van der Waals surface area contributed by atoms with E-state index in [1.165, 1.54) is 4.90 Å². The van der Waals surface area contributed by atoms with Crippen LogP contribution in [-0.2, 0) is 10.0 Å². The van der Waals surface area contributed by atoms with Gasteiger partial charge in [0.2, 0.25) is 10.0 Å². The standard InChI is InChI=1S/C17H18F2N2O4S/c1-11-10-13(12(2)25-11)17(22)20-6-8-21(9-7-20)26(23,24)16-14(18)4-3-5-15(16)19/h3-5,10H,6-9H2,1-2H3. The smallest absolute Gasteiger partial charge is 0.257 e. The number of halogens is 2. The van der Waals surface area contributed by atoms with Crippen LogP contribution in [-0.4, -0.2) is 49.7 Å². The van der Waals surface area contributed by atoms with Gasteiger partial charge in [-0.25, -0.2) is 17.2 Å². The number of furan rings is 1. The number of carbonyl (C=O) groups excluding carboxylic acids is 1. The minimum Gasteiger partial charge on any atom is -0.466 e. The van der Waals surface area contributed by atoms with Gasteiger partial charge in [-0.2, -0.15) is 4.31 Å². The summed E-state index contributed by atoms with van der Waals surface area (Å²) in [5, 5.41) is 0. The maximum atomic E-state index is 13.9. The Hall–Kier alpha value is -2.26. The molecule has 1 aliphatic rings. The van der Waals surface area contributed by atoms with Gasteiger partial charge in [-0.1, -0.05) is 6.07 Å². The lowest BCUT2D eigenvalue weighted by molar-refractivity contribution is 0.0695. The van der Waals surface area contributed by atoms with E-state index in [0.29, 0.717) is 17.1 Å². The van der Waals surface area contributed by atoms with Crippen LogP contribution < -0.4 is 0 Å². The Morgan fingerprint density at radius 3 is 2.15 bits per heavy atom. The highest BCUT2D eigenvalue weighted by atomic mass is 32.2. The van der Waals surface area contributed by atoms with Crippen LogP contribution in [0.4, 0.5) is 8.78 Å².